The maximum atomic E-state index is 13.6. The van der Waals surface area contributed by atoms with E-state index in [1.54, 1.807) is 17.3 Å². The number of aromatic nitrogens is 1. The number of carbonyl (C=O) groups excluding carboxylic acids is 1. The number of hydrogen-bond acceptors (Lipinski definition) is 6. The second kappa shape index (κ2) is 7.64. The van der Waals surface area contributed by atoms with Crippen molar-refractivity contribution >= 4 is 12.3 Å². The van der Waals surface area contributed by atoms with Gasteiger partial charge in [0.2, 0.25) is 0 Å². The number of aliphatic imine (C=N–C) groups is 1. The van der Waals surface area contributed by atoms with Crippen LogP contribution >= 0.6 is 0 Å². The van der Waals surface area contributed by atoms with Crippen LogP contribution in [0.2, 0.25) is 0 Å². The van der Waals surface area contributed by atoms with Gasteiger partial charge in [0.25, 0.3) is 0 Å². The van der Waals surface area contributed by atoms with Crippen LogP contribution in [0.1, 0.15) is 23.2 Å². The second-order valence-electron chi connectivity index (χ2n) is 7.26. The third-order valence-corrected chi connectivity index (χ3v) is 5.36. The van der Waals surface area contributed by atoms with E-state index in [1.807, 2.05) is 6.92 Å². The Morgan fingerprint density at radius 1 is 1.44 bits per heavy atom. The number of nitrogens with zero attached hydrogens (tertiary/aromatic N) is 3. The molecule has 1 fully saturated rings. The highest BCUT2D eigenvalue weighted by Gasteiger charge is 2.33. The van der Waals surface area contributed by atoms with Crippen LogP contribution in [0, 0.1) is 18.7 Å². The monoisotopic (exact) mass is 373 g/mol. The minimum atomic E-state index is -0.345. The van der Waals surface area contributed by atoms with Crippen LogP contribution < -0.4 is 10.6 Å². The molecule has 2 unspecified atom stereocenters. The van der Waals surface area contributed by atoms with E-state index in [1.165, 1.54) is 6.20 Å². The van der Waals surface area contributed by atoms with E-state index in [9.17, 15) is 9.18 Å². The molecule has 4 rings (SSSR count). The molecule has 0 radical (unpaired) electrons. The van der Waals surface area contributed by atoms with Gasteiger partial charge < -0.3 is 15.4 Å². The van der Waals surface area contributed by atoms with Crippen LogP contribution in [0.15, 0.2) is 23.2 Å². The molecule has 0 saturated carbocycles. The number of ether oxygens (including phenoxy) is 1. The SMILES string of the molecule is Cc1c(F)cnc2c1CC(CNCCC1CN(C3=CNCC=N3)C(=O)O1)C2. The lowest BCUT2D eigenvalue weighted by Gasteiger charge is -2.16. The molecular weight excluding hydrogens is 349 g/mol. The first-order valence-electron chi connectivity index (χ1n) is 9.39. The maximum Gasteiger partial charge on any atom is 0.415 e. The van der Waals surface area contributed by atoms with Crippen molar-refractivity contribution in [3.05, 3.63) is 40.9 Å². The first-order chi connectivity index (χ1) is 13.1. The summed E-state index contributed by atoms with van der Waals surface area (Å²) in [5.74, 6) is 0.812. The van der Waals surface area contributed by atoms with Gasteiger partial charge in [-0.25, -0.2) is 14.2 Å². The van der Waals surface area contributed by atoms with Gasteiger partial charge in [-0.1, -0.05) is 0 Å². The summed E-state index contributed by atoms with van der Waals surface area (Å²) < 4.78 is 19.1. The lowest BCUT2D eigenvalue weighted by Crippen LogP contribution is -2.29. The first-order valence-corrected chi connectivity index (χ1v) is 9.39. The molecule has 1 amide bonds. The zero-order valence-corrected chi connectivity index (χ0v) is 15.4. The molecule has 0 spiro atoms. The standard InChI is InChI=1S/C19H24FN5O2/c1-12-15-6-13(7-17(15)24-9-16(12)20)8-21-3-2-14-11-25(19(26)27-14)18-10-22-4-5-23-18/h5,9-10,13-14,21-22H,2-4,6-8,11H2,1H3. The maximum absolute atomic E-state index is 13.6. The van der Waals surface area contributed by atoms with E-state index in [0.717, 1.165) is 49.2 Å². The molecule has 3 heterocycles. The van der Waals surface area contributed by atoms with Crippen molar-refractivity contribution in [2.75, 3.05) is 26.2 Å². The normalized spacial score (nSPS) is 23.9. The lowest BCUT2D eigenvalue weighted by molar-refractivity contribution is 0.130. The zero-order valence-electron chi connectivity index (χ0n) is 15.4. The third-order valence-electron chi connectivity index (χ3n) is 5.36. The number of carbonyl (C=O) groups is 1. The highest BCUT2D eigenvalue weighted by Crippen LogP contribution is 2.28. The molecule has 0 aromatic carbocycles. The van der Waals surface area contributed by atoms with E-state index < -0.39 is 0 Å². The van der Waals surface area contributed by atoms with E-state index in [4.69, 9.17) is 4.74 Å². The zero-order chi connectivity index (χ0) is 18.8. The lowest BCUT2D eigenvalue weighted by atomic mass is 10.0. The van der Waals surface area contributed by atoms with Gasteiger partial charge >= 0.3 is 6.09 Å². The Kier molecular flexibility index (Phi) is 5.07. The third kappa shape index (κ3) is 3.80. The van der Waals surface area contributed by atoms with Crippen molar-refractivity contribution in [3.63, 3.8) is 0 Å². The Morgan fingerprint density at radius 3 is 3.15 bits per heavy atom. The summed E-state index contributed by atoms with van der Waals surface area (Å²) in [6, 6.07) is 0. The molecule has 3 aliphatic rings. The molecule has 7 nitrogen and oxygen atoms in total. The smallest absolute Gasteiger partial charge is 0.415 e. The highest BCUT2D eigenvalue weighted by molar-refractivity contribution is 5.73. The molecule has 8 heteroatoms. The summed E-state index contributed by atoms with van der Waals surface area (Å²) in [7, 11) is 0. The van der Waals surface area contributed by atoms with Crippen LogP contribution in [-0.4, -0.2) is 54.5 Å². The van der Waals surface area contributed by atoms with Crippen molar-refractivity contribution in [2.24, 2.45) is 10.9 Å². The molecule has 27 heavy (non-hydrogen) atoms. The molecular formula is C19H24FN5O2. The number of rotatable bonds is 6. The average molecular weight is 373 g/mol. The molecule has 144 valence electrons. The molecule has 1 aromatic heterocycles. The van der Waals surface area contributed by atoms with Crippen molar-refractivity contribution < 1.29 is 13.9 Å². The fourth-order valence-electron chi connectivity index (χ4n) is 3.85. The largest absolute Gasteiger partial charge is 0.444 e. The van der Waals surface area contributed by atoms with E-state index >= 15 is 0 Å². The van der Waals surface area contributed by atoms with Gasteiger partial charge in [-0.3, -0.25) is 9.88 Å². The summed E-state index contributed by atoms with van der Waals surface area (Å²) in [5.41, 5.74) is 2.82. The summed E-state index contributed by atoms with van der Waals surface area (Å²) in [5, 5.41) is 6.49. The van der Waals surface area contributed by atoms with Gasteiger partial charge in [0.05, 0.1) is 12.7 Å². The van der Waals surface area contributed by atoms with Gasteiger partial charge in [0.1, 0.15) is 11.9 Å². The van der Waals surface area contributed by atoms with Crippen molar-refractivity contribution in [2.45, 2.75) is 32.3 Å². The van der Waals surface area contributed by atoms with Crippen LogP contribution in [-0.2, 0) is 17.6 Å². The van der Waals surface area contributed by atoms with Gasteiger partial charge in [0, 0.05) is 24.7 Å². The Bertz CT molecular complexity index is 795. The average Bonchev–Trinajstić information content (AvgIpc) is 3.26. The number of cyclic esters (lactones) is 1. The predicted molar refractivity (Wildman–Crippen MR) is 98.9 cm³/mol. The van der Waals surface area contributed by atoms with Gasteiger partial charge in [0.15, 0.2) is 5.82 Å². The Balaban J connectivity index is 1.20. The van der Waals surface area contributed by atoms with Crippen molar-refractivity contribution in [3.8, 4) is 0 Å². The number of halogens is 1. The Morgan fingerprint density at radius 2 is 2.33 bits per heavy atom. The molecule has 2 N–H and O–H groups in total. The minimum Gasteiger partial charge on any atom is -0.444 e. The van der Waals surface area contributed by atoms with E-state index in [2.05, 4.69) is 20.6 Å². The van der Waals surface area contributed by atoms with Crippen molar-refractivity contribution in [1.82, 2.24) is 20.5 Å². The molecule has 0 bridgehead atoms. The van der Waals surface area contributed by atoms with Crippen LogP contribution in [0.3, 0.4) is 0 Å². The van der Waals surface area contributed by atoms with Gasteiger partial charge in [-0.2, -0.15) is 0 Å². The van der Waals surface area contributed by atoms with Crippen LogP contribution in [0.5, 0.6) is 0 Å². The number of fused-ring (bicyclic) bond motifs is 1. The van der Waals surface area contributed by atoms with Gasteiger partial charge in [-0.15, -0.1) is 0 Å². The van der Waals surface area contributed by atoms with Crippen molar-refractivity contribution in [1.29, 1.82) is 0 Å². The molecule has 1 aromatic rings. The fourth-order valence-corrected chi connectivity index (χ4v) is 3.85. The molecule has 1 aliphatic carbocycles. The Hall–Kier alpha value is -2.48. The number of nitrogens with one attached hydrogen (secondary N) is 2. The van der Waals surface area contributed by atoms with Gasteiger partial charge in [-0.05, 0) is 56.3 Å². The predicted octanol–water partition coefficient (Wildman–Crippen LogP) is 1.52. The number of pyridine rings is 1. The van der Waals surface area contributed by atoms with Crippen LogP contribution in [0.25, 0.3) is 0 Å². The minimum absolute atomic E-state index is 0.137. The topological polar surface area (TPSA) is 78.9 Å². The second-order valence-corrected chi connectivity index (χ2v) is 7.26. The van der Waals surface area contributed by atoms with E-state index in [-0.39, 0.29) is 18.0 Å². The highest BCUT2D eigenvalue weighted by atomic mass is 19.1. The summed E-state index contributed by atoms with van der Waals surface area (Å²) in [6.07, 6.45) is 6.81. The number of amides is 1. The quantitative estimate of drug-likeness (QED) is 0.739. The molecule has 2 atom stereocenters. The summed E-state index contributed by atoms with van der Waals surface area (Å²) >= 11 is 0. The summed E-state index contributed by atoms with van der Waals surface area (Å²) in [4.78, 5) is 22.0. The van der Waals surface area contributed by atoms with E-state index in [0.29, 0.717) is 24.8 Å². The fraction of sp³-hybridized carbons (Fsp3) is 0.526. The summed E-state index contributed by atoms with van der Waals surface area (Å²) in [6.45, 7) is 4.63. The first kappa shape index (κ1) is 17.9. The molecule has 1 saturated heterocycles. The molecule has 2 aliphatic heterocycles. The van der Waals surface area contributed by atoms with Crippen LogP contribution in [0.4, 0.5) is 9.18 Å². The number of hydrogen-bond donors (Lipinski definition) is 2. The Labute approximate surface area is 157 Å².